The van der Waals surface area contributed by atoms with Crippen molar-refractivity contribution in [3.8, 4) is 0 Å². The number of furan rings is 1. The molecule has 1 fully saturated rings. The summed E-state index contributed by atoms with van der Waals surface area (Å²) >= 11 is 0. The molecule has 140 valence electrons. The first-order valence-electron chi connectivity index (χ1n) is 8.60. The number of aliphatic imine (C=N–C) groups is 1. The average molecular weight is 468 g/mol. The molecule has 0 radical (unpaired) electrons. The summed E-state index contributed by atoms with van der Waals surface area (Å²) < 4.78 is 5.10. The maximum absolute atomic E-state index is 12.0. The molecule has 0 spiro atoms. The summed E-state index contributed by atoms with van der Waals surface area (Å²) in [5, 5.41) is 2.82. The summed E-state index contributed by atoms with van der Waals surface area (Å²) in [4.78, 5) is 18.7. The topological polar surface area (TPSA) is 83.9 Å². The van der Waals surface area contributed by atoms with E-state index < -0.39 is 0 Å². The Balaban J connectivity index is 0.00000243. The van der Waals surface area contributed by atoms with Crippen LogP contribution in [-0.4, -0.2) is 29.9 Å². The molecular weight excluding hydrogens is 443 g/mol. The normalized spacial score (nSPS) is 17.5. The zero-order valence-corrected chi connectivity index (χ0v) is 17.2. The van der Waals surface area contributed by atoms with Crippen LogP contribution in [0.4, 0.5) is 5.69 Å². The Bertz CT molecular complexity index is 746. The van der Waals surface area contributed by atoms with Gasteiger partial charge >= 0.3 is 0 Å². The first kappa shape index (κ1) is 20.3. The number of halogens is 1. The predicted molar refractivity (Wildman–Crippen MR) is 114 cm³/mol. The van der Waals surface area contributed by atoms with Crippen molar-refractivity contribution in [1.29, 1.82) is 0 Å². The smallest absolute Gasteiger partial charge is 0.291 e. The number of hydrogen-bond acceptors (Lipinski definition) is 3. The highest BCUT2D eigenvalue weighted by Crippen LogP contribution is 2.16. The molecule has 2 aromatic rings. The molecule has 26 heavy (non-hydrogen) atoms. The molecule has 3 N–H and O–H groups in total. The van der Waals surface area contributed by atoms with Gasteiger partial charge in [-0.15, -0.1) is 24.0 Å². The van der Waals surface area contributed by atoms with Gasteiger partial charge in [0.25, 0.3) is 5.91 Å². The number of hydrogen-bond donors (Lipinski definition) is 2. The van der Waals surface area contributed by atoms with Crippen molar-refractivity contribution >= 4 is 41.5 Å². The van der Waals surface area contributed by atoms with Crippen molar-refractivity contribution < 1.29 is 9.21 Å². The number of carbonyl (C=O) groups excluding carboxylic acids is 1. The Morgan fingerprint density at radius 2 is 2.23 bits per heavy atom. The quantitative estimate of drug-likeness (QED) is 0.407. The van der Waals surface area contributed by atoms with Gasteiger partial charge in [-0.2, -0.15) is 0 Å². The number of nitrogens with one attached hydrogen (secondary N) is 1. The fourth-order valence-corrected chi connectivity index (χ4v) is 3.02. The van der Waals surface area contributed by atoms with Gasteiger partial charge in [-0.3, -0.25) is 4.79 Å². The maximum Gasteiger partial charge on any atom is 0.291 e. The highest BCUT2D eigenvalue weighted by atomic mass is 127. The lowest BCUT2D eigenvalue weighted by Gasteiger charge is -2.31. The number of amides is 1. The van der Waals surface area contributed by atoms with Crippen LogP contribution in [0, 0.1) is 5.92 Å². The van der Waals surface area contributed by atoms with E-state index in [-0.39, 0.29) is 35.6 Å². The molecule has 2 heterocycles. The third-order valence-corrected chi connectivity index (χ3v) is 4.33. The number of anilines is 1. The van der Waals surface area contributed by atoms with Crippen LogP contribution >= 0.6 is 24.0 Å². The fraction of sp³-hybridized carbons (Fsp3) is 0.368. The van der Waals surface area contributed by atoms with Crippen molar-refractivity contribution in [2.75, 3.05) is 18.4 Å². The number of guanidine groups is 1. The largest absolute Gasteiger partial charge is 0.459 e. The van der Waals surface area contributed by atoms with E-state index in [1.54, 1.807) is 12.1 Å². The van der Waals surface area contributed by atoms with E-state index in [4.69, 9.17) is 10.2 Å². The molecule has 1 amide bonds. The van der Waals surface area contributed by atoms with Crippen LogP contribution in [-0.2, 0) is 6.54 Å². The predicted octanol–water partition coefficient (Wildman–Crippen LogP) is 3.70. The van der Waals surface area contributed by atoms with Crippen LogP contribution in [0.1, 0.15) is 35.9 Å². The number of nitrogens with zero attached hydrogens (tertiary/aromatic N) is 2. The van der Waals surface area contributed by atoms with E-state index in [1.165, 1.54) is 12.7 Å². The number of benzene rings is 1. The van der Waals surface area contributed by atoms with Gasteiger partial charge in [0.15, 0.2) is 11.7 Å². The number of piperidine rings is 1. The Labute approximate surface area is 170 Å². The lowest BCUT2D eigenvalue weighted by atomic mass is 10.0. The molecule has 1 aromatic carbocycles. The minimum atomic E-state index is -0.271. The van der Waals surface area contributed by atoms with Crippen LogP contribution in [0.25, 0.3) is 0 Å². The van der Waals surface area contributed by atoms with Crippen molar-refractivity contribution in [1.82, 2.24) is 4.90 Å². The second-order valence-electron chi connectivity index (χ2n) is 6.50. The fourth-order valence-electron chi connectivity index (χ4n) is 3.02. The Hall–Kier alpha value is -2.03. The monoisotopic (exact) mass is 468 g/mol. The Morgan fingerprint density at radius 3 is 2.96 bits per heavy atom. The second-order valence-corrected chi connectivity index (χ2v) is 6.50. The molecule has 6 nitrogen and oxygen atoms in total. The molecule has 1 saturated heterocycles. The summed E-state index contributed by atoms with van der Waals surface area (Å²) in [5.74, 6) is 1.26. The molecule has 7 heteroatoms. The van der Waals surface area contributed by atoms with Gasteiger partial charge in [0.05, 0.1) is 12.8 Å². The highest BCUT2D eigenvalue weighted by molar-refractivity contribution is 14.0. The molecule has 1 unspecified atom stereocenters. The summed E-state index contributed by atoms with van der Waals surface area (Å²) in [6.07, 6.45) is 3.89. The molecule has 1 atom stereocenters. The van der Waals surface area contributed by atoms with E-state index in [2.05, 4.69) is 22.1 Å². The third kappa shape index (κ3) is 5.48. The highest BCUT2D eigenvalue weighted by Gasteiger charge is 2.17. The van der Waals surface area contributed by atoms with Crippen molar-refractivity contribution in [3.05, 3.63) is 54.0 Å². The SMILES string of the molecule is CC1CCCN(C(N)=NCc2cccc(NC(=O)c3ccco3)c2)C1.I. The zero-order valence-electron chi connectivity index (χ0n) is 14.9. The minimum Gasteiger partial charge on any atom is -0.459 e. The first-order valence-corrected chi connectivity index (χ1v) is 8.60. The first-order chi connectivity index (χ1) is 12.1. The molecule has 3 rings (SSSR count). The lowest BCUT2D eigenvalue weighted by Crippen LogP contribution is -2.43. The molecule has 0 saturated carbocycles. The molecular formula is C19H25IN4O2. The molecule has 0 aliphatic carbocycles. The van der Waals surface area contributed by atoms with Crippen LogP contribution in [0.15, 0.2) is 52.1 Å². The van der Waals surface area contributed by atoms with E-state index in [0.29, 0.717) is 24.1 Å². The Morgan fingerprint density at radius 1 is 1.38 bits per heavy atom. The summed E-state index contributed by atoms with van der Waals surface area (Å²) in [5.41, 5.74) is 7.83. The van der Waals surface area contributed by atoms with Gasteiger partial charge in [-0.05, 0) is 48.6 Å². The van der Waals surface area contributed by atoms with E-state index >= 15 is 0 Å². The van der Waals surface area contributed by atoms with Crippen LogP contribution in [0.3, 0.4) is 0 Å². The minimum absolute atomic E-state index is 0. The Kier molecular flexibility index (Phi) is 7.50. The van der Waals surface area contributed by atoms with Gasteiger partial charge in [-0.1, -0.05) is 19.1 Å². The number of rotatable bonds is 4. The van der Waals surface area contributed by atoms with Gasteiger partial charge in [0.2, 0.25) is 0 Å². The van der Waals surface area contributed by atoms with Crippen LogP contribution < -0.4 is 11.1 Å². The van der Waals surface area contributed by atoms with Crippen molar-refractivity contribution in [3.63, 3.8) is 0 Å². The molecule has 1 aliphatic rings. The average Bonchev–Trinajstić information content (AvgIpc) is 3.15. The number of nitrogens with two attached hydrogens (primary N) is 1. The molecule has 0 bridgehead atoms. The standard InChI is InChI=1S/C19H24N4O2.HI/c1-14-5-3-9-23(13-14)19(20)21-12-15-6-2-7-16(11-15)22-18(24)17-8-4-10-25-17;/h2,4,6-8,10-11,14H,3,5,9,12-13H2,1H3,(H2,20,21)(H,22,24);1H. The zero-order chi connectivity index (χ0) is 17.6. The van der Waals surface area contributed by atoms with Gasteiger partial charge < -0.3 is 20.4 Å². The van der Waals surface area contributed by atoms with E-state index in [9.17, 15) is 4.79 Å². The van der Waals surface area contributed by atoms with Crippen molar-refractivity contribution in [2.45, 2.75) is 26.3 Å². The van der Waals surface area contributed by atoms with Gasteiger partial charge in [0, 0.05) is 18.8 Å². The second kappa shape index (κ2) is 9.61. The summed E-state index contributed by atoms with van der Waals surface area (Å²) in [6.45, 7) is 4.67. The summed E-state index contributed by atoms with van der Waals surface area (Å²) in [7, 11) is 0. The van der Waals surface area contributed by atoms with Crippen molar-refractivity contribution in [2.24, 2.45) is 16.6 Å². The van der Waals surface area contributed by atoms with E-state index in [1.807, 2.05) is 24.3 Å². The third-order valence-electron chi connectivity index (χ3n) is 4.33. The van der Waals surface area contributed by atoms with Gasteiger partial charge in [-0.25, -0.2) is 4.99 Å². The number of carbonyl (C=O) groups is 1. The van der Waals surface area contributed by atoms with E-state index in [0.717, 1.165) is 25.1 Å². The maximum atomic E-state index is 12.0. The van der Waals surface area contributed by atoms with Gasteiger partial charge in [0.1, 0.15) is 0 Å². The summed E-state index contributed by atoms with van der Waals surface area (Å²) in [6, 6.07) is 10.9. The van der Waals surface area contributed by atoms with Crippen LogP contribution in [0.2, 0.25) is 0 Å². The number of likely N-dealkylation sites (tertiary alicyclic amines) is 1. The van der Waals surface area contributed by atoms with Crippen LogP contribution in [0.5, 0.6) is 0 Å². The molecule has 1 aromatic heterocycles. The molecule has 1 aliphatic heterocycles. The lowest BCUT2D eigenvalue weighted by molar-refractivity contribution is 0.0996.